The monoisotopic (exact) mass is 346 g/mol. The molecule has 0 aliphatic heterocycles. The first-order valence-electron chi connectivity index (χ1n) is 8.89. The highest BCUT2D eigenvalue weighted by Crippen LogP contribution is 2.34. The lowest BCUT2D eigenvalue weighted by molar-refractivity contribution is -0.407. The van der Waals surface area contributed by atoms with Gasteiger partial charge in [0.15, 0.2) is 0 Å². The average molecular weight is 347 g/mol. The van der Waals surface area contributed by atoms with Gasteiger partial charge in [-0.3, -0.25) is 4.79 Å². The van der Waals surface area contributed by atoms with Gasteiger partial charge < -0.3 is 4.74 Å². The summed E-state index contributed by atoms with van der Waals surface area (Å²) in [5.74, 6) is -0.211. The SMILES string of the molecule is CC(C)(C)CC(C)(C)OOC(C)(C)CC(C)(C)C.CCOC(C)=O. The molecule has 146 valence electrons. The number of hydrogen-bond acceptors (Lipinski definition) is 4. The van der Waals surface area contributed by atoms with Crippen LogP contribution in [0.25, 0.3) is 0 Å². The summed E-state index contributed by atoms with van der Waals surface area (Å²) in [6.07, 6.45) is 1.93. The van der Waals surface area contributed by atoms with Crippen molar-refractivity contribution in [3.8, 4) is 0 Å². The average Bonchev–Trinajstić information content (AvgIpc) is 2.20. The van der Waals surface area contributed by atoms with Crippen LogP contribution in [-0.4, -0.2) is 23.8 Å². The Balaban J connectivity index is 0. The zero-order chi connectivity index (χ0) is 19.8. The smallest absolute Gasteiger partial charge is 0.302 e. The maximum atomic E-state index is 9.82. The maximum Gasteiger partial charge on any atom is 0.302 e. The van der Waals surface area contributed by atoms with Gasteiger partial charge in [-0.15, -0.1) is 0 Å². The summed E-state index contributed by atoms with van der Waals surface area (Å²) in [5.41, 5.74) is -0.0388. The molecule has 0 radical (unpaired) electrons. The number of hydrogen-bond donors (Lipinski definition) is 0. The van der Waals surface area contributed by atoms with Gasteiger partial charge in [0.25, 0.3) is 0 Å². The molecule has 24 heavy (non-hydrogen) atoms. The number of carbonyl (C=O) groups is 1. The molecule has 4 nitrogen and oxygen atoms in total. The molecule has 0 unspecified atom stereocenters. The lowest BCUT2D eigenvalue weighted by atomic mass is 9.83. The van der Waals surface area contributed by atoms with Crippen molar-refractivity contribution in [1.82, 2.24) is 0 Å². The van der Waals surface area contributed by atoms with E-state index in [9.17, 15) is 4.79 Å². The predicted molar refractivity (Wildman–Crippen MR) is 101 cm³/mol. The highest BCUT2D eigenvalue weighted by Gasteiger charge is 2.32. The summed E-state index contributed by atoms with van der Waals surface area (Å²) in [5, 5.41) is 0. The third kappa shape index (κ3) is 19.4. The van der Waals surface area contributed by atoms with Crippen LogP contribution in [0.1, 0.15) is 95.9 Å². The van der Waals surface area contributed by atoms with E-state index in [1.165, 1.54) is 6.92 Å². The summed E-state index contributed by atoms with van der Waals surface area (Å²) >= 11 is 0. The molecule has 0 fully saturated rings. The molecule has 0 heterocycles. The zero-order valence-corrected chi connectivity index (χ0v) is 18.3. The van der Waals surface area contributed by atoms with Crippen LogP contribution in [0.4, 0.5) is 0 Å². The second kappa shape index (κ2) is 9.76. The highest BCUT2D eigenvalue weighted by molar-refractivity contribution is 5.65. The predicted octanol–water partition coefficient (Wildman–Crippen LogP) is 5.93. The molecule has 0 spiro atoms. The second-order valence-corrected chi connectivity index (χ2v) is 10.1. The molecule has 0 N–H and O–H groups in total. The van der Waals surface area contributed by atoms with Gasteiger partial charge in [0, 0.05) is 6.92 Å². The van der Waals surface area contributed by atoms with Crippen LogP contribution in [0, 0.1) is 10.8 Å². The Morgan fingerprint density at radius 2 is 1.00 bits per heavy atom. The van der Waals surface area contributed by atoms with Gasteiger partial charge in [-0.2, -0.15) is 0 Å². The van der Waals surface area contributed by atoms with Crippen molar-refractivity contribution in [2.45, 2.75) is 107 Å². The minimum Gasteiger partial charge on any atom is -0.466 e. The van der Waals surface area contributed by atoms with E-state index >= 15 is 0 Å². The van der Waals surface area contributed by atoms with Crippen molar-refractivity contribution < 1.29 is 19.3 Å². The molecule has 0 aliphatic rings. The molecule has 0 atom stereocenters. The standard InChI is InChI=1S/C16H34O2.C4H8O2/c1-13(2,3)11-15(7,8)17-18-16(9,10)12-14(4,5)6;1-3-6-4(2)5/h11-12H2,1-10H3;3H2,1-2H3. The molecule has 0 aromatic heterocycles. The summed E-state index contributed by atoms with van der Waals surface area (Å²) in [6, 6.07) is 0. The van der Waals surface area contributed by atoms with E-state index in [0.717, 1.165) is 12.8 Å². The third-order valence-electron chi connectivity index (χ3n) is 2.75. The van der Waals surface area contributed by atoms with Crippen molar-refractivity contribution in [2.75, 3.05) is 6.61 Å². The van der Waals surface area contributed by atoms with Crippen molar-refractivity contribution in [3.05, 3.63) is 0 Å². The molecule has 0 saturated carbocycles. The largest absolute Gasteiger partial charge is 0.466 e. The maximum absolute atomic E-state index is 9.82. The first kappa shape index (κ1) is 25.6. The van der Waals surface area contributed by atoms with Crippen LogP contribution in [0.15, 0.2) is 0 Å². The molecular formula is C20H42O4. The molecule has 0 saturated heterocycles. The first-order chi connectivity index (χ1) is 10.4. The fourth-order valence-corrected chi connectivity index (χ4v) is 3.04. The Hall–Kier alpha value is -0.610. The summed E-state index contributed by atoms with van der Waals surface area (Å²) in [7, 11) is 0. The molecule has 0 amide bonds. The lowest BCUT2D eigenvalue weighted by Gasteiger charge is -2.36. The molecule has 0 aromatic carbocycles. The summed E-state index contributed by atoms with van der Waals surface area (Å²) in [4.78, 5) is 21.3. The molecule has 0 rings (SSSR count). The Labute approximate surface area is 150 Å². The summed E-state index contributed by atoms with van der Waals surface area (Å²) in [6.45, 7) is 25.3. The van der Waals surface area contributed by atoms with Gasteiger partial charge in [-0.1, -0.05) is 41.5 Å². The lowest BCUT2D eigenvalue weighted by Crippen LogP contribution is -2.37. The van der Waals surface area contributed by atoms with Crippen molar-refractivity contribution in [2.24, 2.45) is 10.8 Å². The Morgan fingerprint density at radius 3 is 1.12 bits per heavy atom. The van der Waals surface area contributed by atoms with Crippen molar-refractivity contribution >= 4 is 5.97 Å². The van der Waals surface area contributed by atoms with E-state index < -0.39 is 0 Å². The summed E-state index contributed by atoms with van der Waals surface area (Å²) < 4.78 is 4.40. The Bertz CT molecular complexity index is 329. The fourth-order valence-electron chi connectivity index (χ4n) is 3.04. The molecular weight excluding hydrogens is 304 g/mol. The minimum atomic E-state index is -0.257. The number of rotatable bonds is 6. The van der Waals surface area contributed by atoms with Gasteiger partial charge in [0.2, 0.25) is 0 Å². The molecule has 0 bridgehead atoms. The normalized spacial score (nSPS) is 13.2. The third-order valence-corrected chi connectivity index (χ3v) is 2.75. The minimum absolute atomic E-state index is 0.211. The van der Waals surface area contributed by atoms with Crippen molar-refractivity contribution in [1.29, 1.82) is 0 Å². The van der Waals surface area contributed by atoms with Crippen LogP contribution in [0.5, 0.6) is 0 Å². The van der Waals surface area contributed by atoms with E-state index in [0.29, 0.717) is 6.61 Å². The van der Waals surface area contributed by atoms with Gasteiger partial charge >= 0.3 is 5.97 Å². The van der Waals surface area contributed by atoms with Crippen LogP contribution in [0.2, 0.25) is 0 Å². The van der Waals surface area contributed by atoms with Gasteiger partial charge in [-0.25, -0.2) is 9.78 Å². The van der Waals surface area contributed by atoms with E-state index in [2.05, 4.69) is 74.0 Å². The van der Waals surface area contributed by atoms with E-state index in [4.69, 9.17) is 9.78 Å². The van der Waals surface area contributed by atoms with Gasteiger partial charge in [0.1, 0.15) is 0 Å². The van der Waals surface area contributed by atoms with E-state index in [1.54, 1.807) is 6.92 Å². The Kier molecular flexibility index (Phi) is 10.4. The van der Waals surface area contributed by atoms with E-state index in [-0.39, 0.29) is 28.0 Å². The number of esters is 1. The van der Waals surface area contributed by atoms with E-state index in [1.807, 2.05) is 0 Å². The molecule has 0 aromatic rings. The van der Waals surface area contributed by atoms with Crippen LogP contribution < -0.4 is 0 Å². The quantitative estimate of drug-likeness (QED) is 0.339. The van der Waals surface area contributed by atoms with Crippen LogP contribution in [0.3, 0.4) is 0 Å². The molecule has 4 heteroatoms. The molecule has 0 aliphatic carbocycles. The van der Waals surface area contributed by atoms with Gasteiger partial charge in [0.05, 0.1) is 17.8 Å². The van der Waals surface area contributed by atoms with Crippen LogP contribution in [-0.2, 0) is 19.3 Å². The van der Waals surface area contributed by atoms with Gasteiger partial charge in [-0.05, 0) is 58.3 Å². The Morgan fingerprint density at radius 1 is 0.708 bits per heavy atom. The highest BCUT2D eigenvalue weighted by atomic mass is 17.2. The fraction of sp³-hybridized carbons (Fsp3) is 0.950. The van der Waals surface area contributed by atoms with Crippen LogP contribution >= 0.6 is 0 Å². The van der Waals surface area contributed by atoms with Crippen molar-refractivity contribution in [3.63, 3.8) is 0 Å². The first-order valence-corrected chi connectivity index (χ1v) is 8.89. The second-order valence-electron chi connectivity index (χ2n) is 10.1. The topological polar surface area (TPSA) is 44.8 Å². The zero-order valence-electron chi connectivity index (χ0n) is 18.3. The number of carbonyl (C=O) groups excluding carboxylic acids is 1. The number of ether oxygens (including phenoxy) is 1.